The van der Waals surface area contributed by atoms with E-state index < -0.39 is 10.0 Å². The first-order valence-corrected chi connectivity index (χ1v) is 6.61. The number of H-pyrrole nitrogens is 1. The summed E-state index contributed by atoms with van der Waals surface area (Å²) in [5, 5.41) is 0. The van der Waals surface area contributed by atoms with Crippen molar-refractivity contribution >= 4 is 10.0 Å². The molecule has 0 bridgehead atoms. The van der Waals surface area contributed by atoms with Gasteiger partial charge in [0.15, 0.2) is 0 Å². The van der Waals surface area contributed by atoms with Crippen molar-refractivity contribution in [2.24, 2.45) is 5.92 Å². The molecule has 96 valence electrons. The van der Waals surface area contributed by atoms with Gasteiger partial charge in [-0.3, -0.25) is 4.79 Å². The number of ether oxygens (including phenoxy) is 1. The maximum Gasteiger partial charge on any atom is 0.247 e. The van der Waals surface area contributed by atoms with Crippen LogP contribution in [0.1, 0.15) is 6.92 Å². The molecule has 1 aromatic heterocycles. The molecule has 1 atom stereocenters. The number of aromatic nitrogens is 1. The number of hydrogen-bond donors (Lipinski definition) is 2. The Hall–Kier alpha value is -1.18. The second-order valence-corrected chi connectivity index (χ2v) is 5.57. The lowest BCUT2D eigenvalue weighted by molar-refractivity contribution is 0.161. The number of methoxy groups -OCH3 is 1. The minimum atomic E-state index is -3.57. The van der Waals surface area contributed by atoms with Gasteiger partial charge in [0.25, 0.3) is 0 Å². The lowest BCUT2D eigenvalue weighted by Crippen LogP contribution is -2.30. The van der Waals surface area contributed by atoms with Gasteiger partial charge in [0, 0.05) is 32.5 Å². The first kappa shape index (κ1) is 13.9. The van der Waals surface area contributed by atoms with Crippen LogP contribution in [0.15, 0.2) is 28.0 Å². The second-order valence-electron chi connectivity index (χ2n) is 3.80. The zero-order chi connectivity index (χ0) is 12.9. The Morgan fingerprint density at radius 1 is 1.47 bits per heavy atom. The molecule has 0 saturated carbocycles. The number of rotatable bonds is 6. The molecule has 0 aliphatic rings. The van der Waals surface area contributed by atoms with Gasteiger partial charge in [-0.2, -0.15) is 0 Å². The van der Waals surface area contributed by atoms with Crippen LogP contribution in [0, 0.1) is 5.92 Å². The average Bonchev–Trinajstić information content (AvgIpc) is 2.28. The summed E-state index contributed by atoms with van der Waals surface area (Å²) >= 11 is 0. The molecule has 0 aromatic carbocycles. The van der Waals surface area contributed by atoms with Crippen LogP contribution in [-0.2, 0) is 14.8 Å². The molecule has 6 nitrogen and oxygen atoms in total. The zero-order valence-corrected chi connectivity index (χ0v) is 10.6. The van der Waals surface area contributed by atoms with Gasteiger partial charge in [0.05, 0.1) is 4.90 Å². The summed E-state index contributed by atoms with van der Waals surface area (Å²) in [6, 6.07) is 2.44. The van der Waals surface area contributed by atoms with Gasteiger partial charge < -0.3 is 9.72 Å². The first-order valence-electron chi connectivity index (χ1n) is 5.13. The molecule has 1 heterocycles. The van der Waals surface area contributed by atoms with Gasteiger partial charge in [-0.1, -0.05) is 6.92 Å². The van der Waals surface area contributed by atoms with Gasteiger partial charge in [0.1, 0.15) is 0 Å². The van der Waals surface area contributed by atoms with Crippen LogP contribution in [0.2, 0.25) is 0 Å². The topological polar surface area (TPSA) is 88.3 Å². The Labute approximate surface area is 100 Å². The number of hydrogen-bond acceptors (Lipinski definition) is 4. The fraction of sp³-hybridized carbons (Fsp3) is 0.500. The van der Waals surface area contributed by atoms with E-state index >= 15 is 0 Å². The monoisotopic (exact) mass is 260 g/mol. The number of nitrogens with one attached hydrogen (secondary N) is 2. The van der Waals surface area contributed by atoms with Crippen molar-refractivity contribution in [3.8, 4) is 0 Å². The molecule has 1 aromatic rings. The van der Waals surface area contributed by atoms with Crippen molar-refractivity contribution in [3.63, 3.8) is 0 Å². The number of sulfonamides is 1. The molecule has 1 unspecified atom stereocenters. The van der Waals surface area contributed by atoms with Gasteiger partial charge in [-0.05, 0) is 12.0 Å². The molecule has 1 rings (SSSR count). The van der Waals surface area contributed by atoms with Crippen LogP contribution in [0.25, 0.3) is 0 Å². The third-order valence-electron chi connectivity index (χ3n) is 2.14. The summed E-state index contributed by atoms with van der Waals surface area (Å²) in [7, 11) is -2.00. The van der Waals surface area contributed by atoms with Crippen molar-refractivity contribution in [1.82, 2.24) is 9.71 Å². The molecule has 0 radical (unpaired) electrons. The van der Waals surface area contributed by atoms with E-state index in [1.807, 2.05) is 6.92 Å². The fourth-order valence-electron chi connectivity index (χ4n) is 1.24. The quantitative estimate of drug-likeness (QED) is 0.749. The predicted octanol–water partition coefficient (Wildman–Crippen LogP) is -0.0643. The van der Waals surface area contributed by atoms with Gasteiger partial charge in [-0.15, -0.1) is 0 Å². The van der Waals surface area contributed by atoms with Crippen LogP contribution in [0.4, 0.5) is 0 Å². The van der Waals surface area contributed by atoms with Crippen molar-refractivity contribution in [1.29, 1.82) is 0 Å². The molecule has 0 saturated heterocycles. The molecule has 0 fully saturated rings. The first-order chi connectivity index (χ1) is 7.95. The van der Waals surface area contributed by atoms with Crippen molar-refractivity contribution in [2.45, 2.75) is 11.8 Å². The summed E-state index contributed by atoms with van der Waals surface area (Å²) in [4.78, 5) is 13.2. The summed E-state index contributed by atoms with van der Waals surface area (Å²) in [6.45, 7) is 2.64. The third-order valence-corrected chi connectivity index (χ3v) is 3.56. The van der Waals surface area contributed by atoms with E-state index in [0.29, 0.717) is 6.61 Å². The van der Waals surface area contributed by atoms with Gasteiger partial charge >= 0.3 is 0 Å². The number of aromatic amines is 1. The van der Waals surface area contributed by atoms with Crippen molar-refractivity contribution in [3.05, 3.63) is 28.7 Å². The number of pyridine rings is 1. The summed E-state index contributed by atoms with van der Waals surface area (Å²) in [6.07, 6.45) is 1.17. The van der Waals surface area contributed by atoms with E-state index in [0.717, 1.165) is 0 Å². The Morgan fingerprint density at radius 3 is 2.71 bits per heavy atom. The Balaban J connectivity index is 2.69. The molecular weight excluding hydrogens is 244 g/mol. The van der Waals surface area contributed by atoms with Gasteiger partial charge in [0.2, 0.25) is 15.6 Å². The Morgan fingerprint density at radius 2 is 2.18 bits per heavy atom. The molecule has 17 heavy (non-hydrogen) atoms. The molecule has 0 spiro atoms. The lowest BCUT2D eigenvalue weighted by Gasteiger charge is -2.11. The minimum Gasteiger partial charge on any atom is -0.384 e. The largest absolute Gasteiger partial charge is 0.384 e. The van der Waals surface area contributed by atoms with Crippen LogP contribution in [0.5, 0.6) is 0 Å². The molecule has 2 N–H and O–H groups in total. The second kappa shape index (κ2) is 5.95. The Bertz CT molecular complexity index is 489. The summed E-state index contributed by atoms with van der Waals surface area (Å²) in [5.74, 6) is 0.0811. The molecule has 0 amide bonds. The minimum absolute atomic E-state index is 0.0433. The SMILES string of the molecule is COCC(C)CNS(=O)(=O)c1ccc(=O)[nH]c1. The van der Waals surface area contributed by atoms with Crippen LogP contribution in [-0.4, -0.2) is 33.7 Å². The Kier molecular flexibility index (Phi) is 4.86. The summed E-state index contributed by atoms with van der Waals surface area (Å²) in [5.41, 5.74) is -0.336. The molecule has 0 aliphatic carbocycles. The smallest absolute Gasteiger partial charge is 0.247 e. The standard InChI is InChI=1S/C10H16N2O4S/c1-8(7-16-2)5-12-17(14,15)9-3-4-10(13)11-6-9/h3-4,6,8,12H,5,7H2,1-2H3,(H,11,13). The van der Waals surface area contributed by atoms with Crippen LogP contribution >= 0.6 is 0 Å². The highest BCUT2D eigenvalue weighted by Gasteiger charge is 2.14. The zero-order valence-electron chi connectivity index (χ0n) is 9.76. The highest BCUT2D eigenvalue weighted by atomic mass is 32.2. The van der Waals surface area contributed by atoms with Crippen LogP contribution in [0.3, 0.4) is 0 Å². The van der Waals surface area contributed by atoms with Crippen molar-refractivity contribution in [2.75, 3.05) is 20.3 Å². The molecular formula is C10H16N2O4S. The van der Waals surface area contributed by atoms with E-state index in [1.54, 1.807) is 7.11 Å². The van der Waals surface area contributed by atoms with Crippen LogP contribution < -0.4 is 10.3 Å². The highest BCUT2D eigenvalue weighted by molar-refractivity contribution is 7.89. The average molecular weight is 260 g/mol. The van der Waals surface area contributed by atoms with E-state index in [-0.39, 0.29) is 22.9 Å². The van der Waals surface area contributed by atoms with Crippen molar-refractivity contribution < 1.29 is 13.2 Å². The third kappa shape index (κ3) is 4.29. The lowest BCUT2D eigenvalue weighted by atomic mass is 10.2. The maximum absolute atomic E-state index is 11.8. The van der Waals surface area contributed by atoms with E-state index in [9.17, 15) is 13.2 Å². The maximum atomic E-state index is 11.8. The predicted molar refractivity (Wildman–Crippen MR) is 63.3 cm³/mol. The van der Waals surface area contributed by atoms with E-state index in [1.165, 1.54) is 18.3 Å². The highest BCUT2D eigenvalue weighted by Crippen LogP contribution is 2.04. The van der Waals surface area contributed by atoms with E-state index in [4.69, 9.17) is 4.74 Å². The summed E-state index contributed by atoms with van der Waals surface area (Å²) < 4.78 is 30.9. The van der Waals surface area contributed by atoms with Gasteiger partial charge in [-0.25, -0.2) is 13.1 Å². The van der Waals surface area contributed by atoms with E-state index in [2.05, 4.69) is 9.71 Å². The fourth-order valence-corrected chi connectivity index (χ4v) is 2.37. The molecule has 0 aliphatic heterocycles. The normalized spacial score (nSPS) is 13.5. The molecule has 7 heteroatoms.